The van der Waals surface area contributed by atoms with Gasteiger partial charge >= 0.3 is 0 Å². The largest absolute Gasteiger partial charge is 0.485 e. The number of benzene rings is 1. The van der Waals surface area contributed by atoms with E-state index in [1.165, 1.54) is 0 Å². The maximum atomic E-state index is 9.58. The summed E-state index contributed by atoms with van der Waals surface area (Å²) in [5.41, 5.74) is 0.762. The first kappa shape index (κ1) is 17.5. The number of anilines is 1. The molecule has 0 unspecified atom stereocenters. The van der Waals surface area contributed by atoms with Crippen LogP contribution < -0.4 is 10.1 Å². The zero-order valence-corrected chi connectivity index (χ0v) is 14.9. The van der Waals surface area contributed by atoms with Crippen molar-refractivity contribution in [3.8, 4) is 17.2 Å². The Balaban J connectivity index is 1.34. The molecule has 4 rings (SSSR count). The van der Waals surface area contributed by atoms with Crippen LogP contribution in [0.15, 0.2) is 53.2 Å². The molecule has 0 amide bonds. The van der Waals surface area contributed by atoms with Crippen LogP contribution >= 0.6 is 0 Å². The summed E-state index contributed by atoms with van der Waals surface area (Å²) in [4.78, 5) is 8.80. The van der Waals surface area contributed by atoms with E-state index in [-0.39, 0.29) is 12.7 Å². The van der Waals surface area contributed by atoms with E-state index < -0.39 is 0 Å². The maximum Gasteiger partial charge on any atom is 0.259 e. The van der Waals surface area contributed by atoms with E-state index in [0.717, 1.165) is 42.8 Å². The van der Waals surface area contributed by atoms with Crippen molar-refractivity contribution in [1.82, 2.24) is 15.1 Å². The predicted molar refractivity (Wildman–Crippen MR) is 100 cm³/mol. The third kappa shape index (κ3) is 4.62. The Morgan fingerprint density at radius 1 is 1.07 bits per heavy atom. The topological polar surface area (TPSA) is 93.3 Å². The van der Waals surface area contributed by atoms with Gasteiger partial charge in [-0.05, 0) is 49.9 Å². The number of ether oxygens (including phenoxy) is 1. The molecular formula is C20H22N4O3. The van der Waals surface area contributed by atoms with Crippen molar-refractivity contribution in [1.29, 1.82) is 0 Å². The van der Waals surface area contributed by atoms with Crippen molar-refractivity contribution >= 4 is 5.82 Å². The highest BCUT2D eigenvalue weighted by Gasteiger charge is 2.19. The second-order valence-corrected chi connectivity index (χ2v) is 6.70. The Morgan fingerprint density at radius 2 is 1.89 bits per heavy atom. The van der Waals surface area contributed by atoms with Crippen LogP contribution in [0.3, 0.4) is 0 Å². The summed E-state index contributed by atoms with van der Waals surface area (Å²) < 4.78 is 10.9. The van der Waals surface area contributed by atoms with Crippen LogP contribution in [0.2, 0.25) is 0 Å². The van der Waals surface area contributed by atoms with E-state index >= 15 is 0 Å². The Bertz CT molecular complexity index is 843. The van der Waals surface area contributed by atoms with E-state index in [9.17, 15) is 5.11 Å². The molecule has 2 aromatic heterocycles. The van der Waals surface area contributed by atoms with E-state index in [1.807, 2.05) is 42.5 Å². The van der Waals surface area contributed by atoms with Crippen LogP contribution in [0, 0.1) is 0 Å². The summed E-state index contributed by atoms with van der Waals surface area (Å²) in [7, 11) is 0. The first-order valence-electron chi connectivity index (χ1n) is 9.18. The van der Waals surface area contributed by atoms with Gasteiger partial charge in [0.1, 0.15) is 11.6 Å². The Labute approximate surface area is 157 Å². The Hall–Kier alpha value is -2.93. The first-order valence-corrected chi connectivity index (χ1v) is 9.18. The lowest BCUT2D eigenvalue weighted by molar-refractivity contribution is 0.126. The van der Waals surface area contributed by atoms with E-state index in [4.69, 9.17) is 9.26 Å². The van der Waals surface area contributed by atoms with Gasteiger partial charge in [-0.25, -0.2) is 4.98 Å². The summed E-state index contributed by atoms with van der Waals surface area (Å²) in [6.45, 7) is 0.244. The van der Waals surface area contributed by atoms with Gasteiger partial charge in [-0.3, -0.25) is 0 Å². The summed E-state index contributed by atoms with van der Waals surface area (Å²) in [5, 5.41) is 17.0. The van der Waals surface area contributed by atoms with Crippen molar-refractivity contribution < 1.29 is 14.4 Å². The van der Waals surface area contributed by atoms with Gasteiger partial charge in [-0.1, -0.05) is 23.4 Å². The van der Waals surface area contributed by atoms with Gasteiger partial charge in [0.05, 0.1) is 11.7 Å². The first-order chi connectivity index (χ1) is 13.3. The molecule has 140 valence electrons. The molecular weight excluding hydrogens is 344 g/mol. The van der Waals surface area contributed by atoms with E-state index in [2.05, 4.69) is 20.4 Å². The third-order valence-electron chi connectivity index (χ3n) is 4.64. The molecule has 0 saturated heterocycles. The van der Waals surface area contributed by atoms with Crippen LogP contribution in [0.25, 0.3) is 11.5 Å². The summed E-state index contributed by atoms with van der Waals surface area (Å²) in [6, 6.07) is 13.7. The van der Waals surface area contributed by atoms with Crippen molar-refractivity contribution in [3.05, 3.63) is 54.5 Å². The minimum Gasteiger partial charge on any atom is -0.485 e. The van der Waals surface area contributed by atoms with E-state index in [1.54, 1.807) is 6.20 Å². The summed E-state index contributed by atoms with van der Waals surface area (Å²) in [6.07, 6.45) is 5.15. The quantitative estimate of drug-likeness (QED) is 0.690. The van der Waals surface area contributed by atoms with Crippen LogP contribution in [-0.2, 0) is 6.61 Å². The lowest BCUT2D eigenvalue weighted by atomic mass is 9.93. The van der Waals surface area contributed by atoms with Crippen LogP contribution in [0.1, 0.15) is 31.5 Å². The van der Waals surface area contributed by atoms with Crippen LogP contribution in [0.4, 0.5) is 5.82 Å². The van der Waals surface area contributed by atoms with Crippen molar-refractivity contribution in [3.63, 3.8) is 0 Å². The molecule has 0 bridgehead atoms. The zero-order chi connectivity index (χ0) is 18.5. The average molecular weight is 366 g/mol. The molecule has 3 aromatic rings. The fourth-order valence-corrected chi connectivity index (χ4v) is 3.13. The molecule has 0 aliphatic heterocycles. The molecule has 2 N–H and O–H groups in total. The third-order valence-corrected chi connectivity index (χ3v) is 4.64. The number of nitrogens with one attached hydrogen (secondary N) is 1. The fraction of sp³-hybridized carbons (Fsp3) is 0.350. The second-order valence-electron chi connectivity index (χ2n) is 6.70. The van der Waals surface area contributed by atoms with Crippen molar-refractivity contribution in [2.45, 2.75) is 44.4 Å². The molecule has 7 nitrogen and oxygen atoms in total. The second kappa shape index (κ2) is 8.18. The number of aliphatic hydroxyl groups excluding tert-OH is 1. The number of rotatable bonds is 6. The van der Waals surface area contributed by atoms with Gasteiger partial charge in [0.25, 0.3) is 5.89 Å². The number of aliphatic hydroxyl groups is 1. The van der Waals surface area contributed by atoms with Gasteiger partial charge in [-0.15, -0.1) is 0 Å². The molecule has 27 heavy (non-hydrogen) atoms. The molecule has 2 heterocycles. The monoisotopic (exact) mass is 366 g/mol. The van der Waals surface area contributed by atoms with Crippen molar-refractivity contribution in [2.24, 2.45) is 0 Å². The molecule has 1 aliphatic carbocycles. The van der Waals surface area contributed by atoms with Gasteiger partial charge in [0, 0.05) is 12.2 Å². The number of hydrogen-bond acceptors (Lipinski definition) is 7. The number of pyridine rings is 1. The Morgan fingerprint density at radius 3 is 2.63 bits per heavy atom. The summed E-state index contributed by atoms with van der Waals surface area (Å²) >= 11 is 0. The minimum atomic E-state index is -0.157. The molecule has 0 spiro atoms. The molecule has 1 aromatic carbocycles. The van der Waals surface area contributed by atoms with Gasteiger partial charge in [0.15, 0.2) is 6.61 Å². The summed E-state index contributed by atoms with van der Waals surface area (Å²) in [5.74, 6) is 2.47. The highest BCUT2D eigenvalue weighted by atomic mass is 16.5. The average Bonchev–Trinajstić information content (AvgIpc) is 3.19. The zero-order valence-electron chi connectivity index (χ0n) is 14.9. The highest BCUT2D eigenvalue weighted by Crippen LogP contribution is 2.23. The van der Waals surface area contributed by atoms with E-state index in [0.29, 0.717) is 17.8 Å². The van der Waals surface area contributed by atoms with Gasteiger partial charge < -0.3 is 19.7 Å². The van der Waals surface area contributed by atoms with Gasteiger partial charge in [-0.2, -0.15) is 4.98 Å². The lowest BCUT2D eigenvalue weighted by Crippen LogP contribution is -2.28. The molecule has 0 atom stereocenters. The maximum absolute atomic E-state index is 9.58. The smallest absolute Gasteiger partial charge is 0.259 e. The molecule has 0 radical (unpaired) electrons. The number of nitrogens with zero attached hydrogens (tertiary/aromatic N) is 3. The molecule has 1 aliphatic rings. The molecule has 7 heteroatoms. The lowest BCUT2D eigenvalue weighted by Gasteiger charge is -2.26. The van der Waals surface area contributed by atoms with Crippen LogP contribution in [0.5, 0.6) is 5.75 Å². The SMILES string of the molecule is OC1CCC(Nc2ccc(-c3nc(COc4ccccc4)no3)cn2)CC1. The number of hydrogen-bond donors (Lipinski definition) is 2. The molecule has 1 saturated carbocycles. The Kier molecular flexibility index (Phi) is 5.29. The fourth-order valence-electron chi connectivity index (χ4n) is 3.13. The van der Waals surface area contributed by atoms with Crippen molar-refractivity contribution in [2.75, 3.05) is 5.32 Å². The highest BCUT2D eigenvalue weighted by molar-refractivity contribution is 5.54. The predicted octanol–water partition coefficient (Wildman–Crippen LogP) is 3.43. The molecule has 1 fully saturated rings. The van der Waals surface area contributed by atoms with Crippen LogP contribution in [-0.4, -0.2) is 32.4 Å². The number of aromatic nitrogens is 3. The number of para-hydroxylation sites is 1. The normalized spacial score (nSPS) is 19.6. The minimum absolute atomic E-state index is 0.157. The van der Waals surface area contributed by atoms with Gasteiger partial charge in [0.2, 0.25) is 5.82 Å². The standard InChI is InChI=1S/C20H22N4O3/c25-16-9-7-15(8-10-16)22-18-11-6-14(12-21-18)20-23-19(24-27-20)13-26-17-4-2-1-3-5-17/h1-6,11-12,15-16,25H,7-10,13H2,(H,21,22).